The van der Waals surface area contributed by atoms with E-state index < -0.39 is 11.9 Å². The van der Waals surface area contributed by atoms with Gasteiger partial charge >= 0.3 is 12.0 Å². The molecule has 0 saturated carbocycles. The number of carbonyl (C=O) groups is 3. The Labute approximate surface area is 199 Å². The lowest BCUT2D eigenvalue weighted by atomic mass is 10.1. The standard InChI is InChI=1S/C25H32N4O5/c1-28(2)22-13-11-21(12-14-22)27-25(33)26-18-20-9-7-19(8-10-20)6-4-3-5-17-29(34)23(30)15-16-24(31)32/h7-16,34H,3-6,17-18H2,1-2H3,(H,31,32)(H2,26,27,33)/b16-15+. The van der Waals surface area contributed by atoms with Crippen LogP contribution in [0.15, 0.2) is 60.7 Å². The number of urea groups is 1. The van der Waals surface area contributed by atoms with Crippen molar-refractivity contribution in [3.05, 3.63) is 71.8 Å². The van der Waals surface area contributed by atoms with Gasteiger partial charge in [-0.15, -0.1) is 0 Å². The number of unbranched alkanes of at least 4 members (excludes halogenated alkanes) is 2. The van der Waals surface area contributed by atoms with Crippen LogP contribution < -0.4 is 15.5 Å². The van der Waals surface area contributed by atoms with Crippen LogP contribution in [0.5, 0.6) is 0 Å². The molecule has 3 amide bonds. The van der Waals surface area contributed by atoms with Gasteiger partial charge in [-0.1, -0.05) is 30.7 Å². The molecule has 2 aromatic rings. The van der Waals surface area contributed by atoms with Gasteiger partial charge in [0.15, 0.2) is 0 Å². The number of carbonyl (C=O) groups excluding carboxylic acids is 2. The summed E-state index contributed by atoms with van der Waals surface area (Å²) >= 11 is 0. The van der Waals surface area contributed by atoms with Crippen molar-refractivity contribution >= 4 is 29.3 Å². The highest BCUT2D eigenvalue weighted by molar-refractivity contribution is 5.93. The summed E-state index contributed by atoms with van der Waals surface area (Å²) in [4.78, 5) is 36.0. The number of nitrogens with zero attached hydrogens (tertiary/aromatic N) is 2. The van der Waals surface area contributed by atoms with Crippen LogP contribution in [0.25, 0.3) is 0 Å². The Morgan fingerprint density at radius 3 is 2.15 bits per heavy atom. The van der Waals surface area contributed by atoms with E-state index in [4.69, 9.17) is 5.11 Å². The zero-order valence-electron chi connectivity index (χ0n) is 19.5. The van der Waals surface area contributed by atoms with Gasteiger partial charge in [0.1, 0.15) is 0 Å². The number of amides is 3. The van der Waals surface area contributed by atoms with Crippen LogP contribution in [-0.4, -0.2) is 53.9 Å². The van der Waals surface area contributed by atoms with Crippen LogP contribution in [0.2, 0.25) is 0 Å². The van der Waals surface area contributed by atoms with Gasteiger partial charge in [-0.3, -0.25) is 10.0 Å². The number of aliphatic carboxylic acids is 1. The number of rotatable bonds is 12. The largest absolute Gasteiger partial charge is 0.478 e. The molecule has 0 spiro atoms. The number of hydrogen-bond donors (Lipinski definition) is 4. The monoisotopic (exact) mass is 468 g/mol. The molecule has 2 rings (SSSR count). The van der Waals surface area contributed by atoms with E-state index in [1.807, 2.05) is 67.5 Å². The molecule has 0 unspecified atom stereocenters. The Balaban J connectivity index is 1.64. The molecule has 0 aromatic heterocycles. The summed E-state index contributed by atoms with van der Waals surface area (Å²) < 4.78 is 0. The van der Waals surface area contributed by atoms with Crippen molar-refractivity contribution in [2.24, 2.45) is 0 Å². The van der Waals surface area contributed by atoms with E-state index in [2.05, 4.69) is 10.6 Å². The summed E-state index contributed by atoms with van der Waals surface area (Å²) in [5.41, 5.74) is 3.94. The van der Waals surface area contributed by atoms with Gasteiger partial charge in [0.05, 0.1) is 0 Å². The smallest absolute Gasteiger partial charge is 0.328 e. The quantitative estimate of drug-likeness (QED) is 0.163. The number of carboxylic acids is 1. The SMILES string of the molecule is CN(C)c1ccc(NC(=O)NCc2ccc(CCCCCN(O)C(=O)/C=C/C(=O)O)cc2)cc1. The third-order valence-corrected chi connectivity index (χ3v) is 5.08. The Kier molecular flexibility index (Phi) is 10.6. The van der Waals surface area contributed by atoms with Crippen molar-refractivity contribution in [2.75, 3.05) is 30.9 Å². The van der Waals surface area contributed by atoms with Crippen molar-refractivity contribution in [1.29, 1.82) is 0 Å². The number of hydroxylamine groups is 2. The van der Waals surface area contributed by atoms with E-state index in [1.54, 1.807) is 0 Å². The molecule has 0 aliphatic carbocycles. The highest BCUT2D eigenvalue weighted by Gasteiger charge is 2.07. The first-order valence-corrected chi connectivity index (χ1v) is 11.1. The fourth-order valence-corrected chi connectivity index (χ4v) is 3.13. The first-order valence-electron chi connectivity index (χ1n) is 11.1. The van der Waals surface area contributed by atoms with Crippen molar-refractivity contribution in [1.82, 2.24) is 10.4 Å². The van der Waals surface area contributed by atoms with Gasteiger partial charge in [-0.2, -0.15) is 0 Å². The van der Waals surface area contributed by atoms with Gasteiger partial charge in [-0.25, -0.2) is 14.7 Å². The minimum absolute atomic E-state index is 0.148. The Bertz CT molecular complexity index is 972. The molecule has 0 aliphatic rings. The van der Waals surface area contributed by atoms with Crippen LogP contribution in [0.1, 0.15) is 30.4 Å². The van der Waals surface area contributed by atoms with Crippen LogP contribution in [0.4, 0.5) is 16.2 Å². The van der Waals surface area contributed by atoms with Gasteiger partial charge in [0, 0.05) is 50.7 Å². The molecular weight excluding hydrogens is 436 g/mol. The van der Waals surface area contributed by atoms with E-state index in [9.17, 15) is 19.6 Å². The molecule has 0 radical (unpaired) electrons. The molecule has 4 N–H and O–H groups in total. The highest BCUT2D eigenvalue weighted by atomic mass is 16.5. The van der Waals surface area contributed by atoms with Crippen LogP contribution >= 0.6 is 0 Å². The molecular formula is C25H32N4O5. The number of hydrogen-bond acceptors (Lipinski definition) is 5. The molecule has 182 valence electrons. The fourth-order valence-electron chi connectivity index (χ4n) is 3.13. The average Bonchev–Trinajstić information content (AvgIpc) is 2.81. The van der Waals surface area contributed by atoms with E-state index in [1.165, 1.54) is 0 Å². The first kappa shape index (κ1) is 26.4. The van der Waals surface area contributed by atoms with E-state index in [-0.39, 0.29) is 12.6 Å². The molecule has 0 aliphatic heterocycles. The van der Waals surface area contributed by atoms with Crippen molar-refractivity contribution in [3.8, 4) is 0 Å². The summed E-state index contributed by atoms with van der Waals surface area (Å²) in [6.07, 6.45) is 4.69. The van der Waals surface area contributed by atoms with Crippen LogP contribution in [-0.2, 0) is 22.6 Å². The molecule has 9 heteroatoms. The number of anilines is 2. The first-order chi connectivity index (χ1) is 16.2. The summed E-state index contributed by atoms with van der Waals surface area (Å²) in [5.74, 6) is -1.99. The lowest BCUT2D eigenvalue weighted by Crippen LogP contribution is -2.28. The number of carboxylic acid groups (broad SMARTS) is 1. The second kappa shape index (κ2) is 13.6. The van der Waals surface area contributed by atoms with Crippen molar-refractivity contribution in [2.45, 2.75) is 32.2 Å². The molecule has 34 heavy (non-hydrogen) atoms. The molecule has 0 saturated heterocycles. The average molecular weight is 469 g/mol. The third-order valence-electron chi connectivity index (χ3n) is 5.08. The summed E-state index contributed by atoms with van der Waals surface area (Å²) in [6.45, 7) is 0.563. The minimum Gasteiger partial charge on any atom is -0.478 e. The normalized spacial score (nSPS) is 10.7. The molecule has 0 heterocycles. The molecule has 0 fully saturated rings. The molecule has 9 nitrogen and oxygen atoms in total. The van der Waals surface area contributed by atoms with Crippen LogP contribution in [0, 0.1) is 0 Å². The second-order valence-corrected chi connectivity index (χ2v) is 8.01. The van der Waals surface area contributed by atoms with Gasteiger partial charge in [0.2, 0.25) is 0 Å². The maximum Gasteiger partial charge on any atom is 0.328 e. The molecule has 2 aromatic carbocycles. The zero-order valence-corrected chi connectivity index (χ0v) is 19.5. The number of benzene rings is 2. The minimum atomic E-state index is -1.24. The van der Waals surface area contributed by atoms with Crippen molar-refractivity contribution in [3.63, 3.8) is 0 Å². The predicted octanol–water partition coefficient (Wildman–Crippen LogP) is 3.65. The van der Waals surface area contributed by atoms with Gasteiger partial charge in [-0.05, 0) is 54.7 Å². The zero-order chi connectivity index (χ0) is 24.9. The van der Waals surface area contributed by atoms with Crippen LogP contribution in [0.3, 0.4) is 0 Å². The van der Waals surface area contributed by atoms with E-state index in [0.29, 0.717) is 24.1 Å². The summed E-state index contributed by atoms with van der Waals surface area (Å²) in [6, 6.07) is 15.3. The Hall–Kier alpha value is -3.85. The molecule has 0 bridgehead atoms. The lowest BCUT2D eigenvalue weighted by molar-refractivity contribution is -0.159. The number of aryl methyl sites for hydroxylation is 1. The topological polar surface area (TPSA) is 122 Å². The molecule has 0 atom stereocenters. The summed E-state index contributed by atoms with van der Waals surface area (Å²) in [7, 11) is 3.92. The van der Waals surface area contributed by atoms with Crippen molar-refractivity contribution < 1.29 is 24.7 Å². The predicted molar refractivity (Wildman–Crippen MR) is 131 cm³/mol. The Morgan fingerprint density at radius 1 is 0.882 bits per heavy atom. The lowest BCUT2D eigenvalue weighted by Gasteiger charge is -2.13. The van der Waals surface area contributed by atoms with Gasteiger partial charge < -0.3 is 20.6 Å². The Morgan fingerprint density at radius 2 is 1.53 bits per heavy atom. The van der Waals surface area contributed by atoms with Gasteiger partial charge in [0.25, 0.3) is 5.91 Å². The maximum absolute atomic E-state index is 12.1. The highest BCUT2D eigenvalue weighted by Crippen LogP contribution is 2.15. The van der Waals surface area contributed by atoms with E-state index in [0.717, 1.165) is 47.8 Å². The summed E-state index contributed by atoms with van der Waals surface area (Å²) in [5, 5.41) is 24.3. The number of nitrogens with one attached hydrogen (secondary N) is 2. The maximum atomic E-state index is 12.1. The van der Waals surface area contributed by atoms with E-state index >= 15 is 0 Å². The second-order valence-electron chi connectivity index (χ2n) is 8.01. The third kappa shape index (κ3) is 9.74. The fraction of sp³-hybridized carbons (Fsp3) is 0.320.